The van der Waals surface area contributed by atoms with E-state index in [1.54, 1.807) is 6.08 Å². The van der Waals surface area contributed by atoms with Gasteiger partial charge in [-0.05, 0) is 23.1 Å². The quantitative estimate of drug-likeness (QED) is 0.600. The molecule has 0 aliphatic rings. The van der Waals surface area contributed by atoms with Gasteiger partial charge in [0.25, 0.3) is 0 Å². The molecule has 0 saturated heterocycles. The summed E-state index contributed by atoms with van der Waals surface area (Å²) in [4.78, 5) is 24.8. The molecule has 1 amide bonds. The van der Waals surface area contributed by atoms with E-state index in [-0.39, 0.29) is 12.3 Å². The first-order valence-electron chi connectivity index (χ1n) is 9.50. The molecule has 0 saturated carbocycles. The predicted molar refractivity (Wildman–Crippen MR) is 114 cm³/mol. The number of carboxylic acids is 1. The van der Waals surface area contributed by atoms with Crippen LogP contribution in [-0.2, 0) is 9.59 Å². The Morgan fingerprint density at radius 1 is 0.793 bits per heavy atom. The average molecular weight is 385 g/mol. The Labute approximate surface area is 170 Å². The highest BCUT2D eigenvalue weighted by atomic mass is 16.4. The summed E-state index contributed by atoms with van der Waals surface area (Å²) in [6.07, 6.45) is 3.83. The first-order chi connectivity index (χ1) is 14.1. The van der Waals surface area contributed by atoms with Crippen LogP contribution < -0.4 is 5.32 Å². The number of aliphatic carboxylic acids is 1. The predicted octanol–water partition coefficient (Wildman–Crippen LogP) is 4.49. The summed E-state index contributed by atoms with van der Waals surface area (Å²) in [6, 6.07) is 27.4. The number of amides is 1. The highest BCUT2D eigenvalue weighted by Crippen LogP contribution is 2.25. The summed E-state index contributed by atoms with van der Waals surface area (Å²) in [6.45, 7) is 0. The Morgan fingerprint density at radius 3 is 1.76 bits per heavy atom. The van der Waals surface area contributed by atoms with Crippen LogP contribution >= 0.6 is 0 Å². The van der Waals surface area contributed by atoms with Crippen LogP contribution in [0.2, 0.25) is 0 Å². The van der Waals surface area contributed by atoms with E-state index in [1.165, 1.54) is 0 Å². The minimum atomic E-state index is -1.06. The zero-order chi connectivity index (χ0) is 20.5. The van der Waals surface area contributed by atoms with Gasteiger partial charge in [0.1, 0.15) is 6.04 Å². The first kappa shape index (κ1) is 20.1. The Balaban J connectivity index is 1.77. The molecule has 0 heterocycles. The molecule has 0 aliphatic carbocycles. The van der Waals surface area contributed by atoms with Gasteiger partial charge >= 0.3 is 5.97 Å². The molecule has 0 unspecified atom stereocenters. The van der Waals surface area contributed by atoms with Crippen LogP contribution in [0.25, 0.3) is 6.08 Å². The van der Waals surface area contributed by atoms with Gasteiger partial charge in [0.15, 0.2) is 0 Å². The topological polar surface area (TPSA) is 66.4 Å². The van der Waals surface area contributed by atoms with Gasteiger partial charge in [-0.3, -0.25) is 4.79 Å². The van der Waals surface area contributed by atoms with Gasteiger partial charge in [0, 0.05) is 0 Å². The van der Waals surface area contributed by atoms with Gasteiger partial charge in [0.05, 0.1) is 5.92 Å². The Morgan fingerprint density at radius 2 is 1.28 bits per heavy atom. The molecule has 0 aromatic heterocycles. The molecule has 3 rings (SSSR count). The maximum atomic E-state index is 13.1. The van der Waals surface area contributed by atoms with E-state index in [2.05, 4.69) is 5.32 Å². The summed E-state index contributed by atoms with van der Waals surface area (Å²) in [5, 5.41) is 12.3. The van der Waals surface area contributed by atoms with Gasteiger partial charge in [-0.1, -0.05) is 103 Å². The summed E-state index contributed by atoms with van der Waals surface area (Å²) < 4.78 is 0. The van der Waals surface area contributed by atoms with Crippen LogP contribution in [-0.4, -0.2) is 23.0 Å². The van der Waals surface area contributed by atoms with Crippen molar-refractivity contribution in [2.24, 2.45) is 0 Å². The highest BCUT2D eigenvalue weighted by Gasteiger charge is 2.27. The van der Waals surface area contributed by atoms with Gasteiger partial charge in [-0.25, -0.2) is 4.79 Å². The summed E-state index contributed by atoms with van der Waals surface area (Å²) in [5.74, 6) is -1.96. The van der Waals surface area contributed by atoms with E-state index in [4.69, 9.17) is 0 Å². The lowest BCUT2D eigenvalue weighted by Gasteiger charge is -2.20. The number of rotatable bonds is 8. The fraction of sp³-hybridized carbons (Fsp3) is 0.120. The second kappa shape index (κ2) is 10.0. The summed E-state index contributed by atoms with van der Waals surface area (Å²) in [5.41, 5.74) is 2.62. The van der Waals surface area contributed by atoms with E-state index in [9.17, 15) is 14.7 Å². The third kappa shape index (κ3) is 5.66. The number of nitrogens with one attached hydrogen (secondary N) is 1. The largest absolute Gasteiger partial charge is 0.480 e. The molecule has 0 bridgehead atoms. The van der Waals surface area contributed by atoms with Crippen LogP contribution in [0.15, 0.2) is 97.1 Å². The Bertz CT molecular complexity index is 914. The Hall–Kier alpha value is -3.66. The van der Waals surface area contributed by atoms with Crippen molar-refractivity contribution in [1.82, 2.24) is 5.32 Å². The van der Waals surface area contributed by atoms with Crippen molar-refractivity contribution >= 4 is 18.0 Å². The second-order valence-electron chi connectivity index (χ2n) is 6.70. The van der Waals surface area contributed by atoms with E-state index in [0.717, 1.165) is 16.7 Å². The zero-order valence-corrected chi connectivity index (χ0v) is 15.9. The monoisotopic (exact) mass is 385 g/mol. The lowest BCUT2D eigenvalue weighted by Crippen LogP contribution is -2.43. The van der Waals surface area contributed by atoms with E-state index in [0.29, 0.717) is 0 Å². The molecule has 3 aromatic rings. The molecule has 0 spiro atoms. The number of hydrogen-bond acceptors (Lipinski definition) is 2. The number of hydrogen-bond donors (Lipinski definition) is 2. The summed E-state index contributed by atoms with van der Waals surface area (Å²) >= 11 is 0. The third-order valence-electron chi connectivity index (χ3n) is 4.62. The fourth-order valence-corrected chi connectivity index (χ4v) is 3.17. The van der Waals surface area contributed by atoms with E-state index >= 15 is 0 Å². The minimum Gasteiger partial charge on any atom is -0.480 e. The van der Waals surface area contributed by atoms with Crippen molar-refractivity contribution in [3.63, 3.8) is 0 Å². The first-order valence-corrected chi connectivity index (χ1v) is 9.50. The van der Waals surface area contributed by atoms with Gasteiger partial charge in [-0.15, -0.1) is 0 Å². The molecule has 4 heteroatoms. The van der Waals surface area contributed by atoms with Crippen molar-refractivity contribution < 1.29 is 14.7 Å². The van der Waals surface area contributed by atoms with Crippen molar-refractivity contribution in [3.05, 3.63) is 114 Å². The molecule has 0 fully saturated rings. The smallest absolute Gasteiger partial charge is 0.326 e. The molecule has 3 aromatic carbocycles. The van der Waals surface area contributed by atoms with Crippen molar-refractivity contribution in [2.75, 3.05) is 0 Å². The van der Waals surface area contributed by atoms with Crippen LogP contribution in [0.1, 0.15) is 29.0 Å². The minimum absolute atomic E-state index is 0.201. The molecule has 146 valence electrons. The van der Waals surface area contributed by atoms with Crippen LogP contribution in [0.4, 0.5) is 0 Å². The number of carbonyl (C=O) groups excluding carboxylic acids is 1. The number of carboxylic acid groups (broad SMARTS) is 1. The third-order valence-corrected chi connectivity index (χ3v) is 4.62. The maximum absolute atomic E-state index is 13.1. The molecule has 1 atom stereocenters. The lowest BCUT2D eigenvalue weighted by atomic mass is 9.90. The normalized spacial score (nSPS) is 12.0. The van der Waals surface area contributed by atoms with Gasteiger partial charge in [-0.2, -0.15) is 0 Å². The van der Waals surface area contributed by atoms with E-state index in [1.807, 2.05) is 97.1 Å². The standard InChI is InChI=1S/C25H23NO3/c27-24(23(20-14-6-2-7-15-20)21-16-8-3-9-17-21)26-22(25(28)29)18-10-13-19-11-4-1-5-12-19/h1-17,22-23H,18H2,(H,26,27)(H,28,29)/b13-10+/t22-/m0/s1. The van der Waals surface area contributed by atoms with E-state index < -0.39 is 17.9 Å². The zero-order valence-electron chi connectivity index (χ0n) is 15.9. The second-order valence-corrected chi connectivity index (χ2v) is 6.70. The van der Waals surface area contributed by atoms with Crippen molar-refractivity contribution in [2.45, 2.75) is 18.4 Å². The van der Waals surface area contributed by atoms with Crippen LogP contribution in [0.5, 0.6) is 0 Å². The number of benzene rings is 3. The molecular weight excluding hydrogens is 362 g/mol. The fourth-order valence-electron chi connectivity index (χ4n) is 3.17. The summed E-state index contributed by atoms with van der Waals surface area (Å²) in [7, 11) is 0. The highest BCUT2D eigenvalue weighted by molar-refractivity contribution is 5.90. The maximum Gasteiger partial charge on any atom is 0.326 e. The Kier molecular flexibility index (Phi) is 6.95. The van der Waals surface area contributed by atoms with Crippen LogP contribution in [0.3, 0.4) is 0 Å². The molecule has 4 nitrogen and oxygen atoms in total. The average Bonchev–Trinajstić information content (AvgIpc) is 2.75. The number of carbonyl (C=O) groups is 2. The van der Waals surface area contributed by atoms with Crippen molar-refractivity contribution in [3.8, 4) is 0 Å². The molecule has 2 N–H and O–H groups in total. The van der Waals surface area contributed by atoms with Gasteiger partial charge < -0.3 is 10.4 Å². The lowest BCUT2D eigenvalue weighted by molar-refractivity contribution is -0.141. The van der Waals surface area contributed by atoms with Crippen LogP contribution in [0, 0.1) is 0 Å². The van der Waals surface area contributed by atoms with Gasteiger partial charge in [0.2, 0.25) is 5.91 Å². The molecular formula is C25H23NO3. The molecule has 0 aliphatic heterocycles. The SMILES string of the molecule is O=C(N[C@@H](C/C=C/c1ccccc1)C(=O)O)C(c1ccccc1)c1ccccc1. The molecule has 0 radical (unpaired) electrons. The van der Waals surface area contributed by atoms with Crippen molar-refractivity contribution in [1.29, 1.82) is 0 Å². The molecule has 29 heavy (non-hydrogen) atoms.